The Kier molecular flexibility index (Phi) is 3.35. The summed E-state index contributed by atoms with van der Waals surface area (Å²) in [7, 11) is 1.74. The van der Waals surface area contributed by atoms with Gasteiger partial charge >= 0.3 is 0 Å². The van der Waals surface area contributed by atoms with Gasteiger partial charge in [-0.25, -0.2) is 0 Å². The van der Waals surface area contributed by atoms with Crippen LogP contribution < -0.4 is 9.47 Å². The topological polar surface area (TPSA) is 18.5 Å². The number of methoxy groups -OCH3 is 1. The number of hydrogen-bond donors (Lipinski definition) is 0. The molecule has 4 aromatic rings. The van der Waals surface area contributed by atoms with Crippen LogP contribution in [-0.2, 0) is 15.9 Å². The van der Waals surface area contributed by atoms with Crippen molar-refractivity contribution in [1.29, 1.82) is 0 Å². The van der Waals surface area contributed by atoms with Crippen LogP contribution in [0.1, 0.15) is 29.2 Å². The molecule has 152 valence electrons. The van der Waals surface area contributed by atoms with Gasteiger partial charge in [0.1, 0.15) is 17.2 Å². The third kappa shape index (κ3) is 2.01. The number of para-hydroxylation sites is 1. The maximum Gasteiger partial charge on any atom is 0.132 e. The molecule has 31 heavy (non-hydrogen) atoms. The highest BCUT2D eigenvalue weighted by atomic mass is 32.2. The van der Waals surface area contributed by atoms with Crippen LogP contribution in [0.25, 0.3) is 10.8 Å². The van der Waals surface area contributed by atoms with Gasteiger partial charge in [-0.1, -0.05) is 61.5 Å². The quantitative estimate of drug-likeness (QED) is 0.307. The molecule has 0 N–H and O–H groups in total. The number of ether oxygens (including phenoxy) is 2. The molecule has 0 saturated carbocycles. The van der Waals surface area contributed by atoms with E-state index in [2.05, 4.69) is 91.5 Å². The molecule has 0 amide bonds. The zero-order chi connectivity index (χ0) is 20.8. The molecule has 2 aliphatic heterocycles. The first-order valence-corrected chi connectivity index (χ1v) is 11.7. The van der Waals surface area contributed by atoms with Crippen molar-refractivity contribution in [3.8, 4) is 17.2 Å². The fourth-order valence-corrected chi connectivity index (χ4v) is 8.29. The Morgan fingerprint density at radius 3 is 2.61 bits per heavy atom. The monoisotopic (exact) mass is 422 g/mol. The van der Waals surface area contributed by atoms with Crippen LogP contribution in [0, 0.1) is 5.92 Å². The second-order valence-electron chi connectivity index (χ2n) is 8.91. The van der Waals surface area contributed by atoms with E-state index in [9.17, 15) is 0 Å². The minimum absolute atomic E-state index is 0.00973. The Morgan fingerprint density at radius 1 is 0.903 bits per heavy atom. The summed E-state index contributed by atoms with van der Waals surface area (Å²) in [6.45, 7) is 2.43. The third-order valence-corrected chi connectivity index (χ3v) is 9.55. The van der Waals surface area contributed by atoms with Gasteiger partial charge in [-0.3, -0.25) is 0 Å². The maximum atomic E-state index is 6.40. The average Bonchev–Trinajstić information content (AvgIpc) is 3.41. The van der Waals surface area contributed by atoms with E-state index in [1.54, 1.807) is 7.11 Å². The fourth-order valence-electron chi connectivity index (χ4n) is 6.16. The number of rotatable bonds is 1. The Labute approximate surface area is 186 Å². The van der Waals surface area contributed by atoms with Crippen molar-refractivity contribution in [3.05, 3.63) is 101 Å². The smallest absolute Gasteiger partial charge is 0.132 e. The molecule has 2 nitrogen and oxygen atoms in total. The minimum atomic E-state index is -0.166. The van der Waals surface area contributed by atoms with Crippen molar-refractivity contribution in [2.24, 2.45) is 5.92 Å². The Morgan fingerprint density at radius 2 is 1.71 bits per heavy atom. The molecule has 7 rings (SSSR count). The summed E-state index contributed by atoms with van der Waals surface area (Å²) in [5.41, 5.74) is 5.54. The molecule has 1 saturated heterocycles. The molecular formula is C28H22O2S. The highest BCUT2D eigenvalue weighted by Crippen LogP contribution is 2.86. The summed E-state index contributed by atoms with van der Waals surface area (Å²) >= 11 is 2.10. The molecule has 2 heterocycles. The molecule has 0 bridgehead atoms. The zero-order valence-corrected chi connectivity index (χ0v) is 18.3. The van der Waals surface area contributed by atoms with E-state index in [1.807, 2.05) is 6.07 Å². The molecule has 0 radical (unpaired) electrons. The van der Waals surface area contributed by atoms with Gasteiger partial charge in [0.15, 0.2) is 0 Å². The lowest BCUT2D eigenvalue weighted by molar-refractivity contribution is 0.387. The molecule has 3 unspecified atom stereocenters. The van der Waals surface area contributed by atoms with E-state index in [0.717, 1.165) is 23.7 Å². The summed E-state index contributed by atoms with van der Waals surface area (Å²) in [6.07, 6.45) is 1.11. The van der Waals surface area contributed by atoms with Crippen molar-refractivity contribution in [1.82, 2.24) is 0 Å². The second-order valence-corrected chi connectivity index (χ2v) is 10.4. The SMILES string of the molecule is COc1ccc2c(c1)C1(SC13c1c(ccc4ccccc14)CC3C)c1ccccc1O2. The normalized spacial score (nSPS) is 27.0. The molecule has 2 spiro atoms. The first kappa shape index (κ1) is 17.7. The molecule has 3 aliphatic rings. The van der Waals surface area contributed by atoms with Gasteiger partial charge in [-0.05, 0) is 58.5 Å². The molecule has 4 aromatic carbocycles. The molecule has 3 atom stereocenters. The lowest BCUT2D eigenvalue weighted by atomic mass is 9.72. The number of benzene rings is 4. The van der Waals surface area contributed by atoms with Gasteiger partial charge in [0.2, 0.25) is 0 Å². The van der Waals surface area contributed by atoms with Crippen LogP contribution in [0.3, 0.4) is 0 Å². The first-order chi connectivity index (χ1) is 15.2. The molecule has 0 aromatic heterocycles. The molecule has 3 heteroatoms. The lowest BCUT2D eigenvalue weighted by Gasteiger charge is -2.32. The van der Waals surface area contributed by atoms with Gasteiger partial charge in [0, 0.05) is 11.1 Å². The second kappa shape index (κ2) is 5.86. The van der Waals surface area contributed by atoms with Gasteiger partial charge in [0.05, 0.1) is 16.6 Å². The van der Waals surface area contributed by atoms with Crippen LogP contribution in [0.2, 0.25) is 0 Å². The van der Waals surface area contributed by atoms with Crippen LogP contribution in [0.5, 0.6) is 17.2 Å². The fraction of sp³-hybridized carbons (Fsp3) is 0.214. The van der Waals surface area contributed by atoms with E-state index in [0.29, 0.717) is 5.92 Å². The van der Waals surface area contributed by atoms with Crippen molar-refractivity contribution in [3.63, 3.8) is 0 Å². The van der Waals surface area contributed by atoms with E-state index >= 15 is 0 Å². The molecular weight excluding hydrogens is 400 g/mol. The summed E-state index contributed by atoms with van der Waals surface area (Å²) in [5.74, 6) is 3.33. The van der Waals surface area contributed by atoms with Crippen molar-refractivity contribution in [2.45, 2.75) is 22.8 Å². The van der Waals surface area contributed by atoms with E-state index in [4.69, 9.17) is 9.47 Å². The van der Waals surface area contributed by atoms with Crippen molar-refractivity contribution < 1.29 is 9.47 Å². The first-order valence-electron chi connectivity index (χ1n) is 10.9. The van der Waals surface area contributed by atoms with E-state index in [1.165, 1.54) is 33.0 Å². The molecule has 1 fully saturated rings. The largest absolute Gasteiger partial charge is 0.497 e. The minimum Gasteiger partial charge on any atom is -0.497 e. The highest BCUT2D eigenvalue weighted by molar-refractivity contribution is 8.08. The Balaban J connectivity index is 1.58. The van der Waals surface area contributed by atoms with Crippen LogP contribution in [-0.4, -0.2) is 7.11 Å². The summed E-state index contributed by atoms with van der Waals surface area (Å²) < 4.78 is 11.9. The molecule has 1 aliphatic carbocycles. The van der Waals surface area contributed by atoms with Crippen molar-refractivity contribution in [2.75, 3.05) is 7.11 Å². The summed E-state index contributed by atoms with van der Waals surface area (Å²) in [4.78, 5) is 0. The van der Waals surface area contributed by atoms with Crippen LogP contribution in [0.15, 0.2) is 78.9 Å². The van der Waals surface area contributed by atoms with Gasteiger partial charge in [-0.15, -0.1) is 11.8 Å². The summed E-state index contributed by atoms with van der Waals surface area (Å²) in [6, 6.07) is 28.4. The lowest BCUT2D eigenvalue weighted by Crippen LogP contribution is -2.29. The maximum absolute atomic E-state index is 6.40. The number of fused-ring (bicyclic) bond motifs is 9. The third-order valence-electron chi connectivity index (χ3n) is 7.45. The van der Waals surface area contributed by atoms with E-state index in [-0.39, 0.29) is 9.49 Å². The number of hydrogen-bond acceptors (Lipinski definition) is 3. The van der Waals surface area contributed by atoms with Crippen LogP contribution >= 0.6 is 11.8 Å². The van der Waals surface area contributed by atoms with Gasteiger partial charge in [-0.2, -0.15) is 0 Å². The predicted molar refractivity (Wildman–Crippen MR) is 126 cm³/mol. The Hall–Kier alpha value is -2.91. The van der Waals surface area contributed by atoms with Gasteiger partial charge < -0.3 is 9.47 Å². The Bertz CT molecular complexity index is 1390. The predicted octanol–water partition coefficient (Wildman–Crippen LogP) is 7.03. The zero-order valence-electron chi connectivity index (χ0n) is 17.5. The highest BCUT2D eigenvalue weighted by Gasteiger charge is 2.77. The average molecular weight is 423 g/mol. The van der Waals surface area contributed by atoms with E-state index < -0.39 is 0 Å². The van der Waals surface area contributed by atoms with Crippen LogP contribution in [0.4, 0.5) is 0 Å². The van der Waals surface area contributed by atoms with Crippen molar-refractivity contribution >= 4 is 22.5 Å². The summed E-state index contributed by atoms with van der Waals surface area (Å²) in [5, 5.41) is 2.71. The number of thioether (sulfide) groups is 1. The van der Waals surface area contributed by atoms with Gasteiger partial charge in [0.25, 0.3) is 0 Å². The standard InChI is InChI=1S/C28H22O2S/c1-17-15-19-12-11-18-7-3-4-8-21(18)26(19)27(17)28(31-27)22-9-5-6-10-24(22)30-25-14-13-20(29-2)16-23(25)28/h3-14,16-17H,15H2,1-2H3.